The molecule has 0 amide bonds. The second-order valence-corrected chi connectivity index (χ2v) is 6.67. The molecule has 0 aromatic heterocycles. The Kier molecular flexibility index (Phi) is 3.83. The molecule has 0 bridgehead atoms. The smallest absolute Gasteiger partial charge is 0.123 e. The topological polar surface area (TPSA) is 20.2 Å². The van der Waals surface area contributed by atoms with E-state index in [-0.39, 0.29) is 0 Å². The predicted molar refractivity (Wildman–Crippen MR) is 106 cm³/mol. The van der Waals surface area contributed by atoms with E-state index < -0.39 is 0 Å². The van der Waals surface area contributed by atoms with Crippen LogP contribution >= 0.6 is 15.9 Å². The molecule has 0 spiro atoms. The number of rotatable bonds is 2. The third-order valence-electron chi connectivity index (χ3n) is 4.20. The summed E-state index contributed by atoms with van der Waals surface area (Å²) >= 11 is 3.64. The van der Waals surface area contributed by atoms with Gasteiger partial charge >= 0.3 is 0 Å². The van der Waals surface area contributed by atoms with Crippen LogP contribution in [0.4, 0.5) is 0 Å². The lowest BCUT2D eigenvalue weighted by Gasteiger charge is -2.05. The second-order valence-electron chi connectivity index (χ2n) is 5.81. The molecular formula is C22H15BrO. The zero-order chi connectivity index (χ0) is 16.5. The molecular weight excluding hydrogens is 360 g/mol. The molecule has 0 heterocycles. The molecule has 1 N–H and O–H groups in total. The molecule has 4 rings (SSSR count). The number of benzene rings is 4. The molecule has 1 nitrogen and oxygen atoms in total. The Balaban J connectivity index is 1.77. The van der Waals surface area contributed by atoms with E-state index in [9.17, 15) is 5.11 Å². The van der Waals surface area contributed by atoms with Gasteiger partial charge in [0.15, 0.2) is 0 Å². The summed E-state index contributed by atoms with van der Waals surface area (Å²) in [7, 11) is 0. The highest BCUT2D eigenvalue weighted by Gasteiger charge is 2.03. The number of hydrogen-bond acceptors (Lipinski definition) is 1. The molecule has 0 radical (unpaired) electrons. The normalized spacial score (nSPS) is 11.5. The summed E-state index contributed by atoms with van der Waals surface area (Å²) < 4.78 is 1.04. The number of phenols is 1. The molecule has 0 saturated carbocycles. The Morgan fingerprint density at radius 1 is 0.625 bits per heavy atom. The first kappa shape index (κ1) is 15.0. The van der Waals surface area contributed by atoms with Gasteiger partial charge in [-0.15, -0.1) is 0 Å². The van der Waals surface area contributed by atoms with Crippen LogP contribution in [0.25, 0.3) is 33.7 Å². The summed E-state index contributed by atoms with van der Waals surface area (Å²) in [5.41, 5.74) is 1.90. The Labute approximate surface area is 149 Å². The van der Waals surface area contributed by atoms with Gasteiger partial charge in [-0.2, -0.15) is 0 Å². The van der Waals surface area contributed by atoms with Gasteiger partial charge in [-0.3, -0.25) is 0 Å². The summed E-state index contributed by atoms with van der Waals surface area (Å²) in [6.45, 7) is 0. The number of phenolic OH excluding ortho intramolecular Hbond substituents is 1. The molecule has 0 saturated heterocycles. The van der Waals surface area contributed by atoms with Crippen molar-refractivity contribution in [1.29, 1.82) is 0 Å². The average Bonchev–Trinajstić information content (AvgIpc) is 2.60. The lowest BCUT2D eigenvalue weighted by molar-refractivity contribution is 0.475. The molecule has 0 unspecified atom stereocenters. The highest BCUT2D eigenvalue weighted by molar-refractivity contribution is 9.10. The average molecular weight is 375 g/mol. The first-order valence-corrected chi connectivity index (χ1v) is 8.58. The van der Waals surface area contributed by atoms with E-state index in [1.165, 1.54) is 10.8 Å². The predicted octanol–water partition coefficient (Wildman–Crippen LogP) is 6.63. The van der Waals surface area contributed by atoms with E-state index in [0.717, 1.165) is 26.4 Å². The molecule has 24 heavy (non-hydrogen) atoms. The maximum atomic E-state index is 10.3. The van der Waals surface area contributed by atoms with Gasteiger partial charge in [0.05, 0.1) is 0 Å². The van der Waals surface area contributed by atoms with Gasteiger partial charge in [0.25, 0.3) is 0 Å². The molecule has 0 aliphatic rings. The van der Waals surface area contributed by atoms with Crippen molar-refractivity contribution in [3.63, 3.8) is 0 Å². The monoisotopic (exact) mass is 374 g/mol. The highest BCUT2D eigenvalue weighted by Crippen LogP contribution is 2.29. The fourth-order valence-electron chi connectivity index (χ4n) is 2.92. The Morgan fingerprint density at radius 2 is 1.08 bits per heavy atom. The quantitative estimate of drug-likeness (QED) is 0.390. The standard InChI is InChI=1S/C22H15BrO/c23-21-13-17-7-3-1-5-15(17)11-19(21)9-10-20-12-16-6-2-4-8-18(16)14-22(20)24/h1-14,24H/b10-9-. The molecule has 0 fully saturated rings. The van der Waals surface area contributed by atoms with E-state index in [0.29, 0.717) is 5.75 Å². The van der Waals surface area contributed by atoms with Crippen molar-refractivity contribution in [3.05, 3.63) is 88.4 Å². The van der Waals surface area contributed by atoms with Gasteiger partial charge in [0.2, 0.25) is 0 Å². The minimum absolute atomic E-state index is 0.293. The Morgan fingerprint density at radius 3 is 1.71 bits per heavy atom. The van der Waals surface area contributed by atoms with Crippen molar-refractivity contribution in [2.75, 3.05) is 0 Å². The largest absolute Gasteiger partial charge is 0.507 e. The van der Waals surface area contributed by atoms with Crippen molar-refractivity contribution in [2.45, 2.75) is 0 Å². The molecule has 0 atom stereocenters. The summed E-state index contributed by atoms with van der Waals surface area (Å²) in [5, 5.41) is 14.8. The Bertz CT molecular complexity index is 992. The molecule has 116 valence electrons. The van der Waals surface area contributed by atoms with Crippen molar-refractivity contribution in [3.8, 4) is 5.75 Å². The van der Waals surface area contributed by atoms with E-state index >= 15 is 0 Å². The molecule has 2 heteroatoms. The molecule has 4 aromatic rings. The lowest BCUT2D eigenvalue weighted by atomic mass is 10.0. The van der Waals surface area contributed by atoms with Gasteiger partial charge in [0, 0.05) is 10.0 Å². The van der Waals surface area contributed by atoms with Crippen LogP contribution in [-0.2, 0) is 0 Å². The van der Waals surface area contributed by atoms with Gasteiger partial charge in [-0.25, -0.2) is 0 Å². The van der Waals surface area contributed by atoms with E-state index in [1.54, 1.807) is 0 Å². The van der Waals surface area contributed by atoms with Crippen LogP contribution in [0.3, 0.4) is 0 Å². The zero-order valence-electron chi connectivity index (χ0n) is 12.9. The number of aromatic hydroxyl groups is 1. The maximum Gasteiger partial charge on any atom is 0.123 e. The number of halogens is 1. The minimum Gasteiger partial charge on any atom is -0.507 e. The first-order chi connectivity index (χ1) is 11.7. The van der Waals surface area contributed by atoms with Gasteiger partial charge < -0.3 is 5.11 Å². The second kappa shape index (κ2) is 6.14. The summed E-state index contributed by atoms with van der Waals surface area (Å²) in [4.78, 5) is 0. The van der Waals surface area contributed by atoms with Crippen LogP contribution in [0, 0.1) is 0 Å². The van der Waals surface area contributed by atoms with Crippen LogP contribution in [-0.4, -0.2) is 5.11 Å². The number of fused-ring (bicyclic) bond motifs is 2. The number of hydrogen-bond donors (Lipinski definition) is 1. The Hall–Kier alpha value is -2.58. The zero-order valence-corrected chi connectivity index (χ0v) is 14.5. The van der Waals surface area contributed by atoms with E-state index in [1.807, 2.05) is 54.6 Å². The molecule has 4 aromatic carbocycles. The SMILES string of the molecule is Oc1cc2ccccc2cc1/C=C\c1cc2ccccc2cc1Br. The van der Waals surface area contributed by atoms with Gasteiger partial charge in [-0.05, 0) is 51.4 Å². The molecule has 0 aliphatic carbocycles. The summed E-state index contributed by atoms with van der Waals surface area (Å²) in [6, 6.07) is 24.4. The minimum atomic E-state index is 0.293. The van der Waals surface area contributed by atoms with Gasteiger partial charge in [0.1, 0.15) is 5.75 Å². The fraction of sp³-hybridized carbons (Fsp3) is 0. The summed E-state index contributed by atoms with van der Waals surface area (Å²) in [5.74, 6) is 0.293. The van der Waals surface area contributed by atoms with Crippen molar-refractivity contribution < 1.29 is 5.11 Å². The van der Waals surface area contributed by atoms with Crippen LogP contribution in [0.1, 0.15) is 11.1 Å². The van der Waals surface area contributed by atoms with Gasteiger partial charge in [-0.1, -0.05) is 76.6 Å². The third-order valence-corrected chi connectivity index (χ3v) is 4.89. The van der Waals surface area contributed by atoms with Crippen LogP contribution < -0.4 is 0 Å². The molecule has 0 aliphatic heterocycles. The van der Waals surface area contributed by atoms with E-state index in [4.69, 9.17) is 0 Å². The van der Waals surface area contributed by atoms with E-state index in [2.05, 4.69) is 46.3 Å². The fourth-order valence-corrected chi connectivity index (χ4v) is 3.41. The summed E-state index contributed by atoms with van der Waals surface area (Å²) in [6.07, 6.45) is 3.98. The van der Waals surface area contributed by atoms with Crippen LogP contribution in [0.5, 0.6) is 5.75 Å². The first-order valence-electron chi connectivity index (χ1n) is 7.79. The highest BCUT2D eigenvalue weighted by atomic mass is 79.9. The van der Waals surface area contributed by atoms with Crippen LogP contribution in [0.2, 0.25) is 0 Å². The third kappa shape index (κ3) is 2.81. The van der Waals surface area contributed by atoms with Crippen molar-refractivity contribution in [2.24, 2.45) is 0 Å². The van der Waals surface area contributed by atoms with Crippen molar-refractivity contribution >= 4 is 49.6 Å². The lowest BCUT2D eigenvalue weighted by Crippen LogP contribution is -1.80. The maximum absolute atomic E-state index is 10.3. The van der Waals surface area contributed by atoms with Crippen molar-refractivity contribution in [1.82, 2.24) is 0 Å². The van der Waals surface area contributed by atoms with Crippen LogP contribution in [0.15, 0.2) is 77.3 Å².